The molecule has 0 unspecified atom stereocenters. The summed E-state index contributed by atoms with van der Waals surface area (Å²) in [5.74, 6) is 0. The molecule has 1 aliphatic rings. The molecule has 0 bridgehead atoms. The van der Waals surface area contributed by atoms with Crippen LogP contribution in [-0.4, -0.2) is 19.4 Å². The molecule has 0 saturated carbocycles. The van der Waals surface area contributed by atoms with Gasteiger partial charge in [0.2, 0.25) is 0 Å². The van der Waals surface area contributed by atoms with Crippen LogP contribution in [0.2, 0.25) is 0 Å². The predicted molar refractivity (Wildman–Crippen MR) is 112 cm³/mol. The molecule has 7 rings (SSSR count). The molecule has 2 aromatic carbocycles. The Hall–Kier alpha value is -3.79. The largest absolute Gasteiger partial charge is 0.276 e. The molecule has 0 spiro atoms. The molecule has 4 heterocycles. The van der Waals surface area contributed by atoms with Crippen LogP contribution in [0.3, 0.4) is 0 Å². The fraction of sp³-hybridized carbons (Fsp3) is 0.0417. The Bertz CT molecular complexity index is 1590. The van der Waals surface area contributed by atoms with Gasteiger partial charge in [-0.15, -0.1) is 0 Å². The zero-order valence-corrected chi connectivity index (χ0v) is 14.9. The second-order valence-electron chi connectivity index (χ2n) is 7.36. The Morgan fingerprint density at radius 3 is 2.71 bits per heavy atom. The smallest absolute Gasteiger partial charge is 0.149 e. The second kappa shape index (κ2) is 4.93. The van der Waals surface area contributed by atoms with E-state index in [0.717, 1.165) is 44.9 Å². The summed E-state index contributed by atoms with van der Waals surface area (Å²) in [5.41, 5.74) is 9.34. The molecule has 0 aliphatic heterocycles. The van der Waals surface area contributed by atoms with Crippen molar-refractivity contribution >= 4 is 38.5 Å². The Morgan fingerprint density at radius 1 is 0.750 bits per heavy atom. The second-order valence-corrected chi connectivity index (χ2v) is 7.36. The number of imidazole rings is 1. The number of pyridine rings is 3. The van der Waals surface area contributed by atoms with Gasteiger partial charge in [0.25, 0.3) is 0 Å². The lowest BCUT2D eigenvalue weighted by Crippen LogP contribution is -1.94. The van der Waals surface area contributed by atoms with Crippen LogP contribution in [0, 0.1) is 0 Å². The van der Waals surface area contributed by atoms with Gasteiger partial charge in [0, 0.05) is 35.8 Å². The molecule has 0 amide bonds. The minimum Gasteiger partial charge on any atom is -0.276 e. The van der Waals surface area contributed by atoms with Gasteiger partial charge in [-0.1, -0.05) is 30.3 Å². The monoisotopic (exact) mass is 358 g/mol. The van der Waals surface area contributed by atoms with Crippen molar-refractivity contribution in [2.75, 3.05) is 0 Å². The quantitative estimate of drug-likeness (QED) is 0.352. The Balaban J connectivity index is 1.72. The molecule has 28 heavy (non-hydrogen) atoms. The van der Waals surface area contributed by atoms with E-state index in [2.05, 4.69) is 57.9 Å². The van der Waals surface area contributed by atoms with Gasteiger partial charge < -0.3 is 0 Å². The van der Waals surface area contributed by atoms with Crippen molar-refractivity contribution in [3.05, 3.63) is 84.3 Å². The summed E-state index contributed by atoms with van der Waals surface area (Å²) in [4.78, 5) is 14.2. The number of aromatic nitrogens is 4. The minimum atomic E-state index is 0.925. The van der Waals surface area contributed by atoms with Gasteiger partial charge in [-0.25, -0.2) is 9.97 Å². The maximum absolute atomic E-state index is 5.13. The predicted octanol–water partition coefficient (Wildman–Crippen LogP) is 5.16. The van der Waals surface area contributed by atoms with Crippen LogP contribution in [0.4, 0.5) is 0 Å². The van der Waals surface area contributed by atoms with Crippen molar-refractivity contribution in [3.63, 3.8) is 0 Å². The first-order valence-electron chi connectivity index (χ1n) is 9.43. The minimum absolute atomic E-state index is 0.925. The van der Waals surface area contributed by atoms with E-state index in [1.807, 2.05) is 24.7 Å². The van der Waals surface area contributed by atoms with E-state index in [-0.39, 0.29) is 0 Å². The van der Waals surface area contributed by atoms with Crippen molar-refractivity contribution in [2.45, 2.75) is 6.42 Å². The summed E-state index contributed by atoms with van der Waals surface area (Å²) in [6.45, 7) is 0. The number of hydrogen-bond donors (Lipinski definition) is 0. The molecule has 6 aromatic rings. The zero-order valence-electron chi connectivity index (χ0n) is 14.9. The van der Waals surface area contributed by atoms with E-state index in [9.17, 15) is 0 Å². The summed E-state index contributed by atoms with van der Waals surface area (Å²) in [5, 5.41) is 3.32. The third-order valence-corrected chi connectivity index (χ3v) is 5.96. The molecular formula is C24H14N4. The first-order valence-corrected chi connectivity index (χ1v) is 9.43. The summed E-state index contributed by atoms with van der Waals surface area (Å²) in [7, 11) is 0. The molecular weight excluding hydrogens is 344 g/mol. The van der Waals surface area contributed by atoms with E-state index in [1.165, 1.54) is 22.3 Å². The molecule has 0 saturated heterocycles. The molecule has 1 aliphatic carbocycles. The van der Waals surface area contributed by atoms with Crippen LogP contribution in [0.5, 0.6) is 0 Å². The fourth-order valence-electron chi connectivity index (χ4n) is 4.75. The van der Waals surface area contributed by atoms with Gasteiger partial charge in [0.1, 0.15) is 11.3 Å². The van der Waals surface area contributed by atoms with Gasteiger partial charge in [-0.3, -0.25) is 9.38 Å². The van der Waals surface area contributed by atoms with E-state index < -0.39 is 0 Å². The maximum Gasteiger partial charge on any atom is 0.149 e. The van der Waals surface area contributed by atoms with Crippen LogP contribution in [0.1, 0.15) is 11.1 Å². The summed E-state index contributed by atoms with van der Waals surface area (Å²) >= 11 is 0. The molecule has 4 aromatic heterocycles. The van der Waals surface area contributed by atoms with Gasteiger partial charge in [-0.2, -0.15) is 0 Å². The summed E-state index contributed by atoms with van der Waals surface area (Å²) < 4.78 is 2.19. The average Bonchev–Trinajstić information content (AvgIpc) is 3.33. The Labute approximate surface area is 160 Å². The van der Waals surface area contributed by atoms with Crippen molar-refractivity contribution < 1.29 is 0 Å². The zero-order chi connectivity index (χ0) is 18.2. The molecule has 0 radical (unpaired) electrons. The maximum atomic E-state index is 5.13. The summed E-state index contributed by atoms with van der Waals surface area (Å²) in [6, 6.07) is 19.2. The number of nitrogens with zero attached hydrogens (tertiary/aromatic N) is 4. The lowest BCUT2D eigenvalue weighted by Gasteiger charge is -2.07. The van der Waals surface area contributed by atoms with Crippen LogP contribution in [0.15, 0.2) is 73.2 Å². The number of fused-ring (bicyclic) bond motifs is 12. The van der Waals surface area contributed by atoms with Crippen LogP contribution in [-0.2, 0) is 6.42 Å². The highest BCUT2D eigenvalue weighted by molar-refractivity contribution is 6.13. The van der Waals surface area contributed by atoms with E-state index in [1.54, 1.807) is 0 Å². The number of rotatable bonds is 0. The van der Waals surface area contributed by atoms with Gasteiger partial charge in [-0.05, 0) is 51.9 Å². The van der Waals surface area contributed by atoms with Crippen LogP contribution in [0.25, 0.3) is 49.6 Å². The molecule has 130 valence electrons. The Kier molecular flexibility index (Phi) is 2.51. The van der Waals surface area contributed by atoms with E-state index >= 15 is 0 Å². The van der Waals surface area contributed by atoms with Crippen LogP contribution >= 0.6 is 0 Å². The highest BCUT2D eigenvalue weighted by atomic mass is 15.1. The molecule has 4 heteroatoms. The fourth-order valence-corrected chi connectivity index (χ4v) is 4.75. The topological polar surface area (TPSA) is 43.1 Å². The lowest BCUT2D eigenvalue weighted by atomic mass is 10.1. The first kappa shape index (κ1) is 14.3. The SMILES string of the molecule is c1ccc2c(c1)Cc1c-2ccc2c1nc1c3cnccc3c3cccnc3n21. The highest BCUT2D eigenvalue weighted by Gasteiger charge is 2.23. The third-order valence-electron chi connectivity index (χ3n) is 5.96. The first-order chi connectivity index (χ1) is 13.9. The summed E-state index contributed by atoms with van der Waals surface area (Å²) in [6.07, 6.45) is 6.53. The molecule has 0 N–H and O–H groups in total. The van der Waals surface area contributed by atoms with Crippen molar-refractivity contribution in [1.82, 2.24) is 19.4 Å². The number of hydrogen-bond acceptors (Lipinski definition) is 3. The standard InChI is InChI=1S/C24H14N4/c1-2-5-15-14(4-1)12-19-16(15)7-8-21-22(19)27-24-20-13-25-11-9-17(20)18-6-3-10-26-23(18)28(21)24/h1-11,13H,12H2. The van der Waals surface area contributed by atoms with Crippen molar-refractivity contribution in [3.8, 4) is 11.1 Å². The van der Waals surface area contributed by atoms with Gasteiger partial charge in [0.05, 0.1) is 11.0 Å². The van der Waals surface area contributed by atoms with Gasteiger partial charge >= 0.3 is 0 Å². The third kappa shape index (κ3) is 1.63. The number of benzene rings is 2. The van der Waals surface area contributed by atoms with Crippen LogP contribution < -0.4 is 0 Å². The molecule has 4 nitrogen and oxygen atoms in total. The van der Waals surface area contributed by atoms with Crippen molar-refractivity contribution in [2.24, 2.45) is 0 Å². The normalized spacial score (nSPS) is 12.9. The Morgan fingerprint density at radius 2 is 1.71 bits per heavy atom. The average molecular weight is 358 g/mol. The van der Waals surface area contributed by atoms with E-state index in [4.69, 9.17) is 9.97 Å². The highest BCUT2D eigenvalue weighted by Crippen LogP contribution is 2.41. The molecule has 0 fully saturated rings. The van der Waals surface area contributed by atoms with Gasteiger partial charge in [0.15, 0.2) is 0 Å². The molecule has 0 atom stereocenters. The van der Waals surface area contributed by atoms with E-state index in [0.29, 0.717) is 0 Å². The lowest BCUT2D eigenvalue weighted by molar-refractivity contribution is 1.23. The van der Waals surface area contributed by atoms with Crippen molar-refractivity contribution in [1.29, 1.82) is 0 Å².